The fourth-order valence-corrected chi connectivity index (χ4v) is 9.87. The van der Waals surface area contributed by atoms with Gasteiger partial charge in [-0.15, -0.1) is 0 Å². The van der Waals surface area contributed by atoms with Gasteiger partial charge >= 0.3 is 18.0 Å². The van der Waals surface area contributed by atoms with Crippen molar-refractivity contribution in [1.82, 2.24) is 4.57 Å². The summed E-state index contributed by atoms with van der Waals surface area (Å²) in [5.41, 5.74) is -2.33. The molecule has 1 N–H and O–H groups in total. The molecule has 0 saturated heterocycles. The summed E-state index contributed by atoms with van der Waals surface area (Å²) in [5, 5.41) is 31.5. The van der Waals surface area contributed by atoms with Crippen LogP contribution in [-0.4, -0.2) is 33.5 Å². The Morgan fingerprint density at radius 3 is 1.34 bits per heavy atom. The molecule has 8 rings (SSSR count). The second kappa shape index (κ2) is 20.7. The number of pyridine rings is 1. The Labute approximate surface area is 424 Å². The predicted octanol–water partition coefficient (Wildman–Crippen LogP) is 11.3. The van der Waals surface area contributed by atoms with Crippen LogP contribution >= 0.6 is 7.14 Å². The largest absolute Gasteiger partial charge is 0.506 e. The summed E-state index contributed by atoms with van der Waals surface area (Å²) in [6.45, 7) is 0. The Hall–Kier alpha value is -6.68. The minimum absolute atomic E-state index is 0. The third-order valence-electron chi connectivity index (χ3n) is 10.5. The van der Waals surface area contributed by atoms with Crippen molar-refractivity contribution in [3.8, 4) is 23.6 Å². The average molecular weight is 1080 g/mol. The summed E-state index contributed by atoms with van der Waals surface area (Å²) in [5.74, 6) is -18.1. The fourth-order valence-electron chi connectivity index (χ4n) is 7.20. The van der Waals surface area contributed by atoms with E-state index in [9.17, 15) is 60.5 Å². The van der Waals surface area contributed by atoms with Gasteiger partial charge in [0.1, 0.15) is 11.3 Å². The first kappa shape index (κ1) is 50.7. The van der Waals surface area contributed by atoms with Gasteiger partial charge in [0.2, 0.25) is 5.78 Å². The van der Waals surface area contributed by atoms with E-state index in [0.717, 1.165) is 22.0 Å². The molecule has 0 atom stereocenters. The zero-order valence-corrected chi connectivity index (χ0v) is 38.1. The molecule has 8 aromatic rings. The number of benzene rings is 7. The van der Waals surface area contributed by atoms with Crippen molar-refractivity contribution in [2.75, 3.05) is 4.90 Å². The van der Waals surface area contributed by atoms with Crippen LogP contribution in [0, 0.1) is 72.0 Å². The van der Waals surface area contributed by atoms with Gasteiger partial charge in [-0.25, -0.2) is 0 Å². The molecule has 0 spiro atoms. The fraction of sp³-hybridized carbons (Fsp3) is 0.0588. The molecule has 0 aliphatic rings. The smallest absolute Gasteiger partial charge is 0.460 e. The number of halogens is 7. The van der Waals surface area contributed by atoms with Crippen molar-refractivity contribution in [3.05, 3.63) is 215 Å². The molecule has 0 saturated carbocycles. The molecule has 0 bridgehead atoms. The predicted molar refractivity (Wildman–Crippen MR) is 241 cm³/mol. The first-order chi connectivity index (χ1) is 31.9. The van der Waals surface area contributed by atoms with Gasteiger partial charge in [0.25, 0.3) is 5.56 Å². The third kappa shape index (κ3) is 9.69. The summed E-state index contributed by atoms with van der Waals surface area (Å²) >= 11 is 0. The Morgan fingerprint density at radius 1 is 0.574 bits per heavy atom. The number of aromatic hydroxyl groups is 1. The van der Waals surface area contributed by atoms with E-state index in [0.29, 0.717) is 27.1 Å². The molecule has 1 radical (unpaired) electrons. The van der Waals surface area contributed by atoms with Crippen LogP contribution < -0.4 is 26.4 Å². The number of hydrogen-bond acceptors (Lipinski definition) is 7. The van der Waals surface area contributed by atoms with E-state index >= 15 is 0 Å². The molecule has 0 fully saturated rings. The van der Waals surface area contributed by atoms with E-state index in [2.05, 4.69) is 0 Å². The number of alkyl halides is 7. The van der Waals surface area contributed by atoms with Gasteiger partial charge in [0, 0.05) is 93.4 Å². The van der Waals surface area contributed by atoms with Gasteiger partial charge in [-0.1, -0.05) is 109 Å². The number of carbonyl (C=O) groups excluding carboxylic acids is 1. The van der Waals surface area contributed by atoms with E-state index < -0.39 is 53.2 Å². The average Bonchev–Trinajstić information content (AvgIpc) is 3.35. The van der Waals surface area contributed by atoms with Crippen molar-refractivity contribution < 1.29 is 94.6 Å². The van der Waals surface area contributed by atoms with Crippen molar-refractivity contribution in [1.29, 1.82) is 10.5 Å². The SMILES string of the molecule is N#Cc1ccc(N(c2ccc(C#N)cc2)c2ccc3c(O)c(C(=O)C(F)(F)C(F)(F)C(F)(F)F)c(=O)n(-c4ccccc4)c3c2)cc1.O=P(c1ccccc1)(c1ccccc1)c1ccccc1.[Eu]. The Morgan fingerprint density at radius 2 is 0.956 bits per heavy atom. The number of aromatic nitrogens is 1. The minimum Gasteiger partial charge on any atom is -0.506 e. The Balaban J connectivity index is 0.000000301. The molecule has 8 nitrogen and oxygen atoms in total. The molecular formula is C51H32EuF7N4O4P. The Kier molecular flexibility index (Phi) is 15.4. The maximum absolute atomic E-state index is 14.6. The molecule has 0 unspecified atom stereocenters. The van der Waals surface area contributed by atoms with Crippen molar-refractivity contribution >= 4 is 56.8 Å². The second-order valence-corrected chi connectivity index (χ2v) is 17.4. The number of ketones is 1. The quantitative estimate of drug-likeness (QED) is 0.0821. The minimum atomic E-state index is -6.88. The molecule has 7 aromatic carbocycles. The number of hydrogen-bond donors (Lipinski definition) is 1. The van der Waals surface area contributed by atoms with Crippen molar-refractivity contribution in [2.45, 2.75) is 18.0 Å². The van der Waals surface area contributed by atoms with Gasteiger partial charge in [0.15, 0.2) is 7.14 Å². The molecule has 341 valence electrons. The molecule has 0 amide bonds. The van der Waals surface area contributed by atoms with E-state index in [1.807, 2.05) is 103 Å². The van der Waals surface area contributed by atoms with Gasteiger partial charge in [0.05, 0.1) is 28.8 Å². The zero-order chi connectivity index (χ0) is 48.1. The number of Topliss-reactive ketones (excluding diaryl/α,β-unsaturated/α-hetero) is 1. The van der Waals surface area contributed by atoms with Crippen LogP contribution in [-0.2, 0) is 4.57 Å². The molecular weight excluding hydrogens is 1050 g/mol. The van der Waals surface area contributed by atoms with Crippen LogP contribution in [0.25, 0.3) is 16.6 Å². The maximum Gasteiger partial charge on any atom is 0.460 e. The van der Waals surface area contributed by atoms with Crippen LogP contribution in [0.3, 0.4) is 0 Å². The van der Waals surface area contributed by atoms with Crippen LogP contribution in [0.15, 0.2) is 193 Å². The second-order valence-electron chi connectivity index (χ2n) is 14.6. The number of nitriles is 2. The number of rotatable bonds is 10. The van der Waals surface area contributed by atoms with E-state index in [4.69, 9.17) is 0 Å². The summed E-state index contributed by atoms with van der Waals surface area (Å²) in [6, 6.07) is 56.0. The van der Waals surface area contributed by atoms with Crippen molar-refractivity contribution in [2.24, 2.45) is 0 Å². The van der Waals surface area contributed by atoms with Gasteiger partial charge in [-0.3, -0.25) is 14.2 Å². The van der Waals surface area contributed by atoms with E-state index in [1.54, 1.807) is 29.2 Å². The van der Waals surface area contributed by atoms with Gasteiger partial charge in [-0.2, -0.15) is 41.3 Å². The normalized spacial score (nSPS) is 11.5. The zero-order valence-electron chi connectivity index (χ0n) is 34.8. The van der Waals surface area contributed by atoms with Crippen LogP contribution in [0.5, 0.6) is 5.75 Å². The van der Waals surface area contributed by atoms with Crippen LogP contribution in [0.4, 0.5) is 47.8 Å². The van der Waals surface area contributed by atoms with Gasteiger partial charge < -0.3 is 14.6 Å². The molecule has 17 heteroatoms. The molecule has 1 heterocycles. The topological polar surface area (TPSA) is 127 Å². The summed E-state index contributed by atoms with van der Waals surface area (Å²) < 4.78 is 110. The number of anilines is 3. The molecule has 0 aliphatic heterocycles. The first-order valence-electron chi connectivity index (χ1n) is 19.9. The third-order valence-corrected chi connectivity index (χ3v) is 13.6. The summed E-state index contributed by atoms with van der Waals surface area (Å²) in [4.78, 5) is 28.0. The standard InChI is InChI=1S/C33H17F7N4O3.C18H15OP.Eu/c34-31(35,32(36,37)33(38,39)40)29(46)27-28(45)25-15-14-24(16-26(25)44(30(27)47)21-4-2-1-3-5-21)43(22-10-6-19(17-41)7-11-22)23-12-8-20(18-42)9-13-23;19-20(16-10-4-1-5-11-16,17-12-6-2-7-13-17)18-14-8-3-9-15-18;/h1-16,45H;1-15H;. The van der Waals surface area contributed by atoms with Crippen molar-refractivity contribution in [3.63, 3.8) is 0 Å². The summed E-state index contributed by atoms with van der Waals surface area (Å²) in [6.07, 6.45) is -6.87. The summed E-state index contributed by atoms with van der Waals surface area (Å²) in [7, 11) is -2.78. The number of carbonyl (C=O) groups is 1. The molecule has 68 heavy (non-hydrogen) atoms. The first-order valence-corrected chi connectivity index (χ1v) is 21.6. The monoisotopic (exact) mass is 1080 g/mol. The van der Waals surface area contributed by atoms with E-state index in [-0.39, 0.29) is 66.3 Å². The Bertz CT molecular complexity index is 3120. The number of para-hydroxylation sites is 1. The number of fused-ring (bicyclic) bond motifs is 1. The molecule has 1 aromatic heterocycles. The maximum atomic E-state index is 14.6. The molecule has 0 aliphatic carbocycles. The van der Waals surface area contributed by atoms with Crippen LogP contribution in [0.1, 0.15) is 21.5 Å². The number of nitrogens with zero attached hydrogens (tertiary/aromatic N) is 4. The van der Waals surface area contributed by atoms with Gasteiger partial charge in [-0.05, 0) is 78.9 Å². The van der Waals surface area contributed by atoms with E-state index in [1.165, 1.54) is 66.7 Å². The van der Waals surface area contributed by atoms with Crippen LogP contribution in [0.2, 0.25) is 0 Å².